The Hall–Kier alpha value is -6.61. The number of anilines is 3. The van der Waals surface area contributed by atoms with Crippen LogP contribution in [0.3, 0.4) is 0 Å². The predicted molar refractivity (Wildman–Crippen MR) is 214 cm³/mol. The van der Waals surface area contributed by atoms with Crippen LogP contribution < -0.4 is 30.9 Å². The lowest BCUT2D eigenvalue weighted by atomic mass is 10.1. The summed E-state index contributed by atoms with van der Waals surface area (Å²) in [6, 6.07) is 22.0. The molecular weight excluding hydrogens is 726 g/mol. The van der Waals surface area contributed by atoms with E-state index in [4.69, 9.17) is 20.6 Å². The molecule has 9 rings (SSSR count). The predicted octanol–water partition coefficient (Wildman–Crippen LogP) is 4.57. The average molecular weight is 768 g/mol. The van der Waals surface area contributed by atoms with Crippen molar-refractivity contribution >= 4 is 40.2 Å². The van der Waals surface area contributed by atoms with Crippen LogP contribution in [0.4, 0.5) is 21.7 Å². The number of pyridine rings is 1. The van der Waals surface area contributed by atoms with Gasteiger partial charge < -0.3 is 30.9 Å². The zero-order valence-electron chi connectivity index (χ0n) is 31.5. The molecule has 3 aromatic heterocycles. The molecule has 15 heteroatoms. The number of benzene rings is 3. The highest BCUT2D eigenvalue weighted by Gasteiger charge is 2.30. The standard InChI is InChI=1S/C42H42FN11O3/c1-57-35-10-7-30(43)19-34(35)42(56)46-20-26-2-5-28(6-3-26)38-37-39(44)48-25-49-40(37)54(50-38)32-12-13-53(24-32)36-11-4-27(21-45-36)23-51-14-16-52(17-15-51)31-8-9-33-29(18-31)22-47-41(33)55/h2-11,18-19,21,25,32H,12-17,20,22-24H2,1H3,(H,46,56)(H,47,55)(H2,44,48,49). The van der Waals surface area contributed by atoms with Gasteiger partial charge in [-0.15, -0.1) is 0 Å². The van der Waals surface area contributed by atoms with Gasteiger partial charge in [0.15, 0.2) is 5.65 Å². The topological polar surface area (TPSA) is 160 Å². The van der Waals surface area contributed by atoms with E-state index in [1.807, 2.05) is 41.2 Å². The van der Waals surface area contributed by atoms with E-state index in [1.54, 1.807) is 0 Å². The summed E-state index contributed by atoms with van der Waals surface area (Å²) in [5.41, 5.74) is 13.8. The molecule has 0 bridgehead atoms. The number of hydrogen-bond acceptors (Lipinski definition) is 11. The molecule has 1 atom stereocenters. The monoisotopic (exact) mass is 767 g/mol. The second-order valence-electron chi connectivity index (χ2n) is 14.7. The number of amides is 2. The number of piperazine rings is 1. The Morgan fingerprint density at radius 2 is 1.77 bits per heavy atom. The zero-order chi connectivity index (χ0) is 39.0. The molecule has 2 fully saturated rings. The summed E-state index contributed by atoms with van der Waals surface area (Å²) in [7, 11) is 1.44. The number of hydrogen-bond donors (Lipinski definition) is 3. The maximum absolute atomic E-state index is 13.8. The number of halogens is 1. The number of nitrogens with zero attached hydrogens (tertiary/aromatic N) is 8. The van der Waals surface area contributed by atoms with Crippen LogP contribution in [-0.4, -0.2) is 87.8 Å². The Labute approximate surface area is 328 Å². The highest BCUT2D eigenvalue weighted by Crippen LogP contribution is 2.35. The SMILES string of the molecule is COc1ccc(F)cc1C(=O)NCc1ccc(-c2nn(C3CCN(c4ccc(CN5CCN(c6ccc7c(c6)CNC7=O)CC5)cn4)C3)c3ncnc(N)c23)cc1. The smallest absolute Gasteiger partial charge is 0.255 e. The molecule has 3 aromatic carbocycles. The van der Waals surface area contributed by atoms with Gasteiger partial charge in [0.25, 0.3) is 11.8 Å². The molecular formula is C42H42FN11O3. The minimum Gasteiger partial charge on any atom is -0.496 e. The molecule has 14 nitrogen and oxygen atoms in total. The third kappa shape index (κ3) is 7.17. The van der Waals surface area contributed by atoms with E-state index in [1.165, 1.54) is 36.8 Å². The quantitative estimate of drug-likeness (QED) is 0.179. The van der Waals surface area contributed by atoms with Crippen molar-refractivity contribution in [3.63, 3.8) is 0 Å². The normalized spacial score (nSPS) is 16.9. The molecule has 6 aromatic rings. The van der Waals surface area contributed by atoms with Gasteiger partial charge in [-0.1, -0.05) is 30.3 Å². The van der Waals surface area contributed by atoms with Crippen molar-refractivity contribution in [2.75, 3.05) is 61.9 Å². The maximum atomic E-state index is 13.8. The number of ether oxygens (including phenoxy) is 1. The number of nitrogen functional groups attached to an aromatic ring is 1. The molecule has 0 saturated carbocycles. The number of aromatic nitrogens is 5. The molecule has 2 amide bonds. The number of nitrogens with two attached hydrogens (primary N) is 1. The number of fused-ring (bicyclic) bond motifs is 2. The summed E-state index contributed by atoms with van der Waals surface area (Å²) in [6.07, 6.45) is 4.32. The summed E-state index contributed by atoms with van der Waals surface area (Å²) in [6.45, 7) is 7.00. The van der Waals surface area contributed by atoms with Crippen LogP contribution in [0, 0.1) is 5.82 Å². The van der Waals surface area contributed by atoms with E-state index in [-0.39, 0.29) is 24.1 Å². The van der Waals surface area contributed by atoms with Gasteiger partial charge in [0, 0.05) is 81.9 Å². The fraction of sp³-hybridized carbons (Fsp3) is 0.286. The van der Waals surface area contributed by atoms with E-state index >= 15 is 0 Å². The first-order valence-electron chi connectivity index (χ1n) is 19.1. The van der Waals surface area contributed by atoms with Crippen molar-refractivity contribution in [2.45, 2.75) is 32.1 Å². The fourth-order valence-corrected chi connectivity index (χ4v) is 8.05. The molecule has 2 saturated heterocycles. The molecule has 0 aliphatic carbocycles. The van der Waals surface area contributed by atoms with Gasteiger partial charge in [-0.2, -0.15) is 5.10 Å². The largest absolute Gasteiger partial charge is 0.496 e. The maximum Gasteiger partial charge on any atom is 0.255 e. The molecule has 4 N–H and O–H groups in total. The van der Waals surface area contributed by atoms with Crippen LogP contribution in [0.15, 0.2) is 85.3 Å². The van der Waals surface area contributed by atoms with Crippen LogP contribution in [0.25, 0.3) is 22.3 Å². The zero-order valence-corrected chi connectivity index (χ0v) is 31.5. The Bertz CT molecular complexity index is 2470. The van der Waals surface area contributed by atoms with Crippen molar-refractivity contribution < 1.29 is 18.7 Å². The number of methoxy groups -OCH3 is 1. The van der Waals surface area contributed by atoms with Crippen molar-refractivity contribution in [3.8, 4) is 17.0 Å². The molecule has 290 valence electrons. The van der Waals surface area contributed by atoms with Crippen molar-refractivity contribution in [1.82, 2.24) is 40.3 Å². The van der Waals surface area contributed by atoms with Gasteiger partial charge in [0.05, 0.1) is 24.1 Å². The highest BCUT2D eigenvalue weighted by molar-refractivity contribution is 5.99. The van der Waals surface area contributed by atoms with E-state index in [0.717, 1.165) is 86.4 Å². The minimum atomic E-state index is -0.514. The first-order chi connectivity index (χ1) is 27.8. The first-order valence-corrected chi connectivity index (χ1v) is 19.1. The molecule has 6 heterocycles. The number of carbonyl (C=O) groups is 2. The van der Waals surface area contributed by atoms with Crippen LogP contribution in [0.5, 0.6) is 5.75 Å². The lowest BCUT2D eigenvalue weighted by Gasteiger charge is -2.36. The average Bonchev–Trinajstić information content (AvgIpc) is 3.98. The lowest BCUT2D eigenvalue weighted by molar-refractivity contribution is 0.0944. The van der Waals surface area contributed by atoms with Crippen LogP contribution in [-0.2, 0) is 19.6 Å². The number of carbonyl (C=O) groups excluding carboxylic acids is 2. The Balaban J connectivity index is 0.829. The van der Waals surface area contributed by atoms with E-state index in [0.29, 0.717) is 34.8 Å². The third-order valence-electron chi connectivity index (χ3n) is 11.2. The number of rotatable bonds is 10. The summed E-state index contributed by atoms with van der Waals surface area (Å²) in [4.78, 5) is 45.7. The van der Waals surface area contributed by atoms with Crippen molar-refractivity contribution in [3.05, 3.63) is 119 Å². The fourth-order valence-electron chi connectivity index (χ4n) is 8.05. The van der Waals surface area contributed by atoms with Gasteiger partial charge in [0.1, 0.15) is 35.2 Å². The number of nitrogens with one attached hydrogen (secondary N) is 2. The second-order valence-corrected chi connectivity index (χ2v) is 14.7. The van der Waals surface area contributed by atoms with Crippen LogP contribution >= 0.6 is 0 Å². The molecule has 3 aliphatic rings. The molecule has 3 aliphatic heterocycles. The van der Waals surface area contributed by atoms with Crippen molar-refractivity contribution in [2.24, 2.45) is 0 Å². The Morgan fingerprint density at radius 3 is 2.56 bits per heavy atom. The summed E-state index contributed by atoms with van der Waals surface area (Å²) >= 11 is 0. The van der Waals surface area contributed by atoms with Crippen molar-refractivity contribution in [1.29, 1.82) is 0 Å². The summed E-state index contributed by atoms with van der Waals surface area (Å²) in [5.74, 6) is 0.656. The summed E-state index contributed by atoms with van der Waals surface area (Å²) in [5, 5.41) is 11.5. The van der Waals surface area contributed by atoms with Crippen LogP contribution in [0.2, 0.25) is 0 Å². The molecule has 0 spiro atoms. The van der Waals surface area contributed by atoms with Gasteiger partial charge >= 0.3 is 0 Å². The Kier molecular flexibility index (Phi) is 9.58. The van der Waals surface area contributed by atoms with Gasteiger partial charge in [0.2, 0.25) is 0 Å². The molecule has 0 radical (unpaired) electrons. The van der Waals surface area contributed by atoms with Gasteiger partial charge in [-0.25, -0.2) is 24.0 Å². The molecule has 1 unspecified atom stereocenters. The summed E-state index contributed by atoms with van der Waals surface area (Å²) < 4.78 is 21.0. The van der Waals surface area contributed by atoms with Gasteiger partial charge in [-0.3, -0.25) is 14.5 Å². The lowest BCUT2D eigenvalue weighted by Crippen LogP contribution is -2.46. The van der Waals surface area contributed by atoms with Gasteiger partial charge in [-0.05, 0) is 65.6 Å². The van der Waals surface area contributed by atoms with Crippen LogP contribution in [0.1, 0.15) is 49.9 Å². The third-order valence-corrected chi connectivity index (χ3v) is 11.2. The van der Waals surface area contributed by atoms with E-state index < -0.39 is 11.7 Å². The molecule has 57 heavy (non-hydrogen) atoms. The highest BCUT2D eigenvalue weighted by atomic mass is 19.1. The van der Waals surface area contributed by atoms with E-state index in [2.05, 4.69) is 59.6 Å². The first kappa shape index (κ1) is 36.1. The Morgan fingerprint density at radius 1 is 0.947 bits per heavy atom. The second kappa shape index (κ2) is 15.1. The minimum absolute atomic E-state index is 0.0153. The van der Waals surface area contributed by atoms with E-state index in [9.17, 15) is 14.0 Å².